The lowest BCUT2D eigenvalue weighted by atomic mass is 9.95. The van der Waals surface area contributed by atoms with Gasteiger partial charge in [0.15, 0.2) is 0 Å². The molecule has 0 radical (unpaired) electrons. The van der Waals surface area contributed by atoms with Crippen LogP contribution in [0.4, 0.5) is 8.78 Å². The van der Waals surface area contributed by atoms with E-state index in [0.29, 0.717) is 6.54 Å². The lowest BCUT2D eigenvalue weighted by molar-refractivity contribution is 0.257. The van der Waals surface area contributed by atoms with Gasteiger partial charge in [-0.05, 0) is 25.1 Å². The molecule has 1 unspecified atom stereocenters. The minimum atomic E-state index is -0.847. The van der Waals surface area contributed by atoms with Gasteiger partial charge < -0.3 is 4.74 Å². The standard InChI is InChI=1S/C12H11F2N3O/c1-8-12(18-8,5-17-7-15-6-16-17)10-4-9(13)2-3-11(10)14/h2-4,6-8H,5H2,1H3/t8?,12-/m1/s1. The third kappa shape index (κ3) is 1.69. The molecule has 1 fully saturated rings. The van der Waals surface area contributed by atoms with Crippen molar-refractivity contribution in [1.29, 1.82) is 0 Å². The Kier molecular flexibility index (Phi) is 2.41. The third-order valence-corrected chi connectivity index (χ3v) is 3.23. The normalized spacial score (nSPS) is 26.3. The second-order valence-electron chi connectivity index (χ2n) is 4.37. The number of rotatable bonds is 3. The minimum Gasteiger partial charge on any atom is -0.359 e. The minimum absolute atomic E-state index is 0.182. The van der Waals surface area contributed by atoms with Crippen molar-refractivity contribution < 1.29 is 13.5 Å². The summed E-state index contributed by atoms with van der Waals surface area (Å²) < 4.78 is 34.1. The van der Waals surface area contributed by atoms with Crippen molar-refractivity contribution in [3.8, 4) is 0 Å². The van der Waals surface area contributed by atoms with Crippen molar-refractivity contribution in [2.24, 2.45) is 0 Å². The molecule has 1 saturated heterocycles. The molecule has 0 spiro atoms. The van der Waals surface area contributed by atoms with Gasteiger partial charge in [0.1, 0.15) is 29.9 Å². The number of ether oxygens (including phenoxy) is 1. The zero-order chi connectivity index (χ0) is 12.8. The van der Waals surface area contributed by atoms with Gasteiger partial charge in [0, 0.05) is 5.56 Å². The molecule has 0 amide bonds. The molecule has 4 nitrogen and oxygen atoms in total. The molecule has 0 saturated carbocycles. The fraction of sp³-hybridized carbons (Fsp3) is 0.333. The maximum atomic E-state index is 13.8. The number of hydrogen-bond donors (Lipinski definition) is 0. The van der Waals surface area contributed by atoms with E-state index in [-0.39, 0.29) is 11.7 Å². The van der Waals surface area contributed by atoms with Gasteiger partial charge in [-0.2, -0.15) is 5.10 Å². The Hall–Kier alpha value is -1.82. The Morgan fingerprint density at radius 2 is 2.22 bits per heavy atom. The second kappa shape index (κ2) is 3.84. The van der Waals surface area contributed by atoms with E-state index >= 15 is 0 Å². The maximum absolute atomic E-state index is 13.8. The van der Waals surface area contributed by atoms with Crippen LogP contribution in [0.3, 0.4) is 0 Å². The molecule has 1 aromatic heterocycles. The highest BCUT2D eigenvalue weighted by Crippen LogP contribution is 2.48. The first kappa shape index (κ1) is 11.3. The fourth-order valence-corrected chi connectivity index (χ4v) is 2.19. The summed E-state index contributed by atoms with van der Waals surface area (Å²) in [6.07, 6.45) is 2.73. The fourth-order valence-electron chi connectivity index (χ4n) is 2.19. The van der Waals surface area contributed by atoms with Crippen molar-refractivity contribution in [1.82, 2.24) is 14.8 Å². The van der Waals surface area contributed by atoms with E-state index < -0.39 is 17.2 Å². The van der Waals surface area contributed by atoms with Crippen molar-refractivity contribution in [2.45, 2.75) is 25.2 Å². The van der Waals surface area contributed by atoms with Gasteiger partial charge >= 0.3 is 0 Å². The van der Waals surface area contributed by atoms with E-state index in [1.807, 2.05) is 6.92 Å². The van der Waals surface area contributed by atoms with Crippen LogP contribution in [0.2, 0.25) is 0 Å². The summed E-state index contributed by atoms with van der Waals surface area (Å²) in [5.74, 6) is -0.951. The molecule has 18 heavy (non-hydrogen) atoms. The Morgan fingerprint density at radius 3 is 2.83 bits per heavy atom. The first-order valence-corrected chi connectivity index (χ1v) is 5.57. The first-order chi connectivity index (χ1) is 8.62. The summed E-state index contributed by atoms with van der Waals surface area (Å²) >= 11 is 0. The molecule has 1 aliphatic rings. The van der Waals surface area contributed by atoms with E-state index in [4.69, 9.17) is 4.74 Å². The van der Waals surface area contributed by atoms with Crippen LogP contribution in [0.25, 0.3) is 0 Å². The SMILES string of the molecule is CC1O[C@@]1(Cn1cncn1)c1cc(F)ccc1F. The maximum Gasteiger partial charge on any atom is 0.142 e. The average Bonchev–Trinajstić information content (AvgIpc) is 2.77. The highest BCUT2D eigenvalue weighted by atomic mass is 19.1. The van der Waals surface area contributed by atoms with Crippen molar-refractivity contribution in [2.75, 3.05) is 0 Å². The molecule has 2 atom stereocenters. The van der Waals surface area contributed by atoms with Crippen LogP contribution in [-0.2, 0) is 16.9 Å². The number of nitrogens with zero attached hydrogens (tertiary/aromatic N) is 3. The number of halogens is 2. The van der Waals surface area contributed by atoms with Crippen molar-refractivity contribution in [3.05, 3.63) is 48.1 Å². The lowest BCUT2D eigenvalue weighted by Gasteiger charge is -2.14. The molecule has 6 heteroatoms. The summed E-state index contributed by atoms with van der Waals surface area (Å²) in [6, 6.07) is 3.38. The van der Waals surface area contributed by atoms with E-state index in [2.05, 4.69) is 10.1 Å². The van der Waals surface area contributed by atoms with Crippen molar-refractivity contribution >= 4 is 0 Å². The molecular formula is C12H11F2N3O. The van der Waals surface area contributed by atoms with Crippen LogP contribution in [0.15, 0.2) is 30.9 Å². The largest absolute Gasteiger partial charge is 0.359 e. The number of hydrogen-bond acceptors (Lipinski definition) is 3. The first-order valence-electron chi connectivity index (χ1n) is 5.57. The summed E-state index contributed by atoms with van der Waals surface area (Å²) in [7, 11) is 0. The Bertz CT molecular complexity index is 573. The predicted octanol–water partition coefficient (Wildman–Crippen LogP) is 1.87. The smallest absolute Gasteiger partial charge is 0.142 e. The average molecular weight is 251 g/mol. The predicted molar refractivity (Wildman–Crippen MR) is 58.6 cm³/mol. The van der Waals surface area contributed by atoms with Gasteiger partial charge in [0.25, 0.3) is 0 Å². The van der Waals surface area contributed by atoms with Crippen LogP contribution >= 0.6 is 0 Å². The van der Waals surface area contributed by atoms with E-state index in [1.54, 1.807) is 4.68 Å². The molecule has 0 N–H and O–H groups in total. The van der Waals surface area contributed by atoms with Crippen LogP contribution in [0.1, 0.15) is 12.5 Å². The lowest BCUT2D eigenvalue weighted by Crippen LogP contribution is -2.22. The van der Waals surface area contributed by atoms with E-state index in [1.165, 1.54) is 18.7 Å². The topological polar surface area (TPSA) is 43.2 Å². The summed E-state index contributed by atoms with van der Waals surface area (Å²) in [6.45, 7) is 2.13. The van der Waals surface area contributed by atoms with Gasteiger partial charge in [-0.3, -0.25) is 0 Å². The Balaban J connectivity index is 1.99. The van der Waals surface area contributed by atoms with Crippen LogP contribution < -0.4 is 0 Å². The summed E-state index contributed by atoms with van der Waals surface area (Å²) in [5.41, 5.74) is -0.620. The molecule has 0 bridgehead atoms. The zero-order valence-corrected chi connectivity index (χ0v) is 9.68. The molecule has 1 aromatic carbocycles. The number of epoxide rings is 1. The van der Waals surface area contributed by atoms with Crippen LogP contribution in [-0.4, -0.2) is 20.9 Å². The molecule has 2 heterocycles. The monoisotopic (exact) mass is 251 g/mol. The van der Waals surface area contributed by atoms with E-state index in [9.17, 15) is 8.78 Å². The highest BCUT2D eigenvalue weighted by Gasteiger charge is 2.56. The second-order valence-corrected chi connectivity index (χ2v) is 4.37. The molecule has 3 rings (SSSR count). The van der Waals surface area contributed by atoms with Gasteiger partial charge in [0.05, 0.1) is 12.6 Å². The summed E-state index contributed by atoms with van der Waals surface area (Å²) in [5, 5.41) is 3.96. The number of aromatic nitrogens is 3. The molecule has 94 valence electrons. The Labute approximate surface area is 102 Å². The molecule has 0 aliphatic carbocycles. The molecule has 2 aromatic rings. The van der Waals surface area contributed by atoms with Crippen molar-refractivity contribution in [3.63, 3.8) is 0 Å². The van der Waals surface area contributed by atoms with Crippen LogP contribution in [0.5, 0.6) is 0 Å². The zero-order valence-electron chi connectivity index (χ0n) is 9.68. The number of benzene rings is 1. The third-order valence-electron chi connectivity index (χ3n) is 3.23. The van der Waals surface area contributed by atoms with Gasteiger partial charge in [0.2, 0.25) is 0 Å². The molecular weight excluding hydrogens is 240 g/mol. The Morgan fingerprint density at radius 1 is 1.44 bits per heavy atom. The van der Waals surface area contributed by atoms with Gasteiger partial charge in [-0.1, -0.05) is 0 Å². The van der Waals surface area contributed by atoms with Gasteiger partial charge in [-0.25, -0.2) is 18.4 Å². The quantitative estimate of drug-likeness (QED) is 0.782. The van der Waals surface area contributed by atoms with E-state index in [0.717, 1.165) is 12.1 Å². The van der Waals surface area contributed by atoms with Crippen LogP contribution in [0, 0.1) is 11.6 Å². The highest BCUT2D eigenvalue weighted by molar-refractivity contribution is 5.31. The molecule has 1 aliphatic heterocycles. The summed E-state index contributed by atoms with van der Waals surface area (Å²) in [4.78, 5) is 3.82. The van der Waals surface area contributed by atoms with Gasteiger partial charge in [-0.15, -0.1) is 0 Å².